The van der Waals surface area contributed by atoms with E-state index >= 15 is 0 Å². The molecule has 0 amide bonds. The number of nitrogens with zero attached hydrogens (tertiary/aromatic N) is 2. The first-order chi connectivity index (χ1) is 9.61. The molecule has 0 unspecified atom stereocenters. The topological polar surface area (TPSA) is 37.8 Å². The zero-order chi connectivity index (χ0) is 14.2. The summed E-state index contributed by atoms with van der Waals surface area (Å²) in [4.78, 5) is 8.91. The lowest BCUT2D eigenvalue weighted by Crippen LogP contribution is -2.21. The molecule has 0 saturated heterocycles. The zero-order valence-corrected chi connectivity index (χ0v) is 12.4. The number of nitrogens with one attached hydrogen (secondary N) is 1. The van der Waals surface area contributed by atoms with Crippen molar-refractivity contribution in [2.45, 2.75) is 39.0 Å². The third-order valence-electron chi connectivity index (χ3n) is 4.24. The Kier molecular flexibility index (Phi) is 3.20. The Labute approximate surface area is 120 Å². The number of anilines is 1. The van der Waals surface area contributed by atoms with Crippen molar-refractivity contribution in [3.05, 3.63) is 53.0 Å². The predicted octanol–water partition coefficient (Wildman–Crippen LogP) is 3.55. The average molecular weight is 267 g/mol. The summed E-state index contributed by atoms with van der Waals surface area (Å²) in [5.74, 6) is 0.921. The Bertz CT molecular complexity index is 630. The lowest BCUT2D eigenvalue weighted by atomic mass is 9.92. The monoisotopic (exact) mass is 267 g/mol. The van der Waals surface area contributed by atoms with Crippen LogP contribution in [0.5, 0.6) is 0 Å². The molecule has 1 fully saturated rings. The molecule has 104 valence electrons. The smallest absolute Gasteiger partial charge is 0.147 e. The normalized spacial score (nSPS) is 15.9. The molecule has 3 nitrogen and oxygen atoms in total. The summed E-state index contributed by atoms with van der Waals surface area (Å²) < 4.78 is 0. The maximum Gasteiger partial charge on any atom is 0.147 e. The molecule has 20 heavy (non-hydrogen) atoms. The van der Waals surface area contributed by atoms with E-state index < -0.39 is 0 Å². The van der Waals surface area contributed by atoms with Crippen LogP contribution in [0.2, 0.25) is 0 Å². The maximum atomic E-state index is 4.55. The van der Waals surface area contributed by atoms with Gasteiger partial charge >= 0.3 is 0 Å². The summed E-state index contributed by atoms with van der Waals surface area (Å²) in [6.07, 6.45) is 4.32. The summed E-state index contributed by atoms with van der Waals surface area (Å²) in [6, 6.07) is 8.71. The molecule has 1 N–H and O–H groups in total. The fraction of sp³-hybridized carbons (Fsp3) is 0.412. The fourth-order valence-electron chi connectivity index (χ4n) is 2.82. The second kappa shape index (κ2) is 4.89. The summed E-state index contributed by atoms with van der Waals surface area (Å²) in [6.45, 7) is 7.12. The third kappa shape index (κ3) is 2.40. The van der Waals surface area contributed by atoms with Gasteiger partial charge in [0.25, 0.3) is 0 Å². The van der Waals surface area contributed by atoms with Crippen LogP contribution < -0.4 is 5.32 Å². The molecule has 0 radical (unpaired) electrons. The molecule has 2 aromatic rings. The number of rotatable bonds is 4. The van der Waals surface area contributed by atoms with Gasteiger partial charge in [0.05, 0.1) is 11.4 Å². The van der Waals surface area contributed by atoms with Gasteiger partial charge in [0.15, 0.2) is 0 Å². The van der Waals surface area contributed by atoms with E-state index in [0.29, 0.717) is 5.41 Å². The van der Waals surface area contributed by atoms with E-state index in [0.717, 1.165) is 23.8 Å². The summed E-state index contributed by atoms with van der Waals surface area (Å²) in [7, 11) is 0. The van der Waals surface area contributed by atoms with Crippen molar-refractivity contribution in [3.8, 4) is 0 Å². The van der Waals surface area contributed by atoms with Crippen LogP contribution in [0.4, 0.5) is 5.82 Å². The number of hydrogen-bond acceptors (Lipinski definition) is 3. The van der Waals surface area contributed by atoms with E-state index in [9.17, 15) is 0 Å². The van der Waals surface area contributed by atoms with Gasteiger partial charge < -0.3 is 5.32 Å². The van der Waals surface area contributed by atoms with Crippen LogP contribution in [0.3, 0.4) is 0 Å². The van der Waals surface area contributed by atoms with Crippen molar-refractivity contribution in [3.63, 3.8) is 0 Å². The van der Waals surface area contributed by atoms with Gasteiger partial charge in [-0.1, -0.05) is 24.3 Å². The van der Waals surface area contributed by atoms with Crippen molar-refractivity contribution in [1.29, 1.82) is 0 Å². The summed E-state index contributed by atoms with van der Waals surface area (Å²) >= 11 is 0. The minimum atomic E-state index is 0.295. The quantitative estimate of drug-likeness (QED) is 0.920. The molecular formula is C17H21N3. The first kappa shape index (κ1) is 13.1. The van der Waals surface area contributed by atoms with E-state index in [1.54, 1.807) is 0 Å². The molecule has 1 aliphatic carbocycles. The third-order valence-corrected chi connectivity index (χ3v) is 4.24. The highest BCUT2D eigenvalue weighted by Crippen LogP contribution is 2.49. The second-order valence-corrected chi connectivity index (χ2v) is 5.89. The molecule has 1 aromatic heterocycles. The average Bonchev–Trinajstić information content (AvgIpc) is 3.21. The molecule has 1 aromatic carbocycles. The molecule has 1 saturated carbocycles. The SMILES string of the molecule is Cc1cnc(C)c(NCC2(c3ccccc3C)CC2)n1. The lowest BCUT2D eigenvalue weighted by molar-refractivity contribution is 0.722. The largest absolute Gasteiger partial charge is 0.368 e. The first-order valence-electron chi connectivity index (χ1n) is 7.21. The van der Waals surface area contributed by atoms with Crippen LogP contribution in [0.25, 0.3) is 0 Å². The van der Waals surface area contributed by atoms with Crippen molar-refractivity contribution in [2.75, 3.05) is 11.9 Å². The van der Waals surface area contributed by atoms with Gasteiger partial charge in [-0.2, -0.15) is 0 Å². The molecular weight excluding hydrogens is 246 g/mol. The van der Waals surface area contributed by atoms with Crippen LogP contribution in [-0.4, -0.2) is 16.5 Å². The van der Waals surface area contributed by atoms with Crippen LogP contribution >= 0.6 is 0 Å². The van der Waals surface area contributed by atoms with Crippen molar-refractivity contribution >= 4 is 5.82 Å². The molecule has 1 heterocycles. The van der Waals surface area contributed by atoms with Crippen LogP contribution in [0, 0.1) is 20.8 Å². The molecule has 3 heteroatoms. The van der Waals surface area contributed by atoms with E-state index in [1.807, 2.05) is 20.0 Å². The predicted molar refractivity (Wildman–Crippen MR) is 82.1 cm³/mol. The maximum absolute atomic E-state index is 4.55. The lowest BCUT2D eigenvalue weighted by Gasteiger charge is -2.19. The van der Waals surface area contributed by atoms with E-state index in [1.165, 1.54) is 24.0 Å². The standard InChI is InChI=1S/C17H21N3/c1-12-6-4-5-7-15(12)17(8-9-17)11-19-16-14(3)18-10-13(2)20-16/h4-7,10H,8-9,11H2,1-3H3,(H,19,20). The van der Waals surface area contributed by atoms with Gasteiger partial charge in [-0.15, -0.1) is 0 Å². The minimum Gasteiger partial charge on any atom is -0.368 e. The number of hydrogen-bond donors (Lipinski definition) is 1. The molecule has 0 atom stereocenters. The highest BCUT2D eigenvalue weighted by atomic mass is 15.0. The van der Waals surface area contributed by atoms with Crippen molar-refractivity contribution < 1.29 is 0 Å². The highest BCUT2D eigenvalue weighted by molar-refractivity contribution is 5.44. The summed E-state index contributed by atoms with van der Waals surface area (Å²) in [5, 5.41) is 3.51. The number of benzene rings is 1. The Morgan fingerprint density at radius 1 is 1.15 bits per heavy atom. The summed E-state index contributed by atoms with van der Waals surface area (Å²) in [5.41, 5.74) is 5.09. The van der Waals surface area contributed by atoms with Gasteiger partial charge in [0.2, 0.25) is 0 Å². The molecule has 1 aliphatic rings. The number of aryl methyl sites for hydroxylation is 3. The van der Waals surface area contributed by atoms with Gasteiger partial charge in [-0.3, -0.25) is 4.98 Å². The zero-order valence-electron chi connectivity index (χ0n) is 12.4. The minimum absolute atomic E-state index is 0.295. The molecule has 0 bridgehead atoms. The Hall–Kier alpha value is -1.90. The van der Waals surface area contributed by atoms with Gasteiger partial charge in [-0.05, 0) is 44.7 Å². The molecule has 0 aliphatic heterocycles. The van der Waals surface area contributed by atoms with Crippen LogP contribution in [0.15, 0.2) is 30.5 Å². The fourth-order valence-corrected chi connectivity index (χ4v) is 2.82. The van der Waals surface area contributed by atoms with Gasteiger partial charge in [0, 0.05) is 18.2 Å². The van der Waals surface area contributed by atoms with Gasteiger partial charge in [0.1, 0.15) is 5.82 Å². The van der Waals surface area contributed by atoms with E-state index in [2.05, 4.69) is 46.5 Å². The Morgan fingerprint density at radius 3 is 2.60 bits per heavy atom. The van der Waals surface area contributed by atoms with Crippen molar-refractivity contribution in [1.82, 2.24) is 9.97 Å². The Balaban J connectivity index is 1.78. The van der Waals surface area contributed by atoms with Crippen LogP contribution in [-0.2, 0) is 5.41 Å². The number of aromatic nitrogens is 2. The first-order valence-corrected chi connectivity index (χ1v) is 7.21. The molecule has 3 rings (SSSR count). The van der Waals surface area contributed by atoms with Gasteiger partial charge in [-0.25, -0.2) is 4.98 Å². The van der Waals surface area contributed by atoms with E-state index in [4.69, 9.17) is 0 Å². The second-order valence-electron chi connectivity index (χ2n) is 5.89. The van der Waals surface area contributed by atoms with Crippen LogP contribution in [0.1, 0.15) is 35.4 Å². The van der Waals surface area contributed by atoms with Crippen molar-refractivity contribution in [2.24, 2.45) is 0 Å². The Morgan fingerprint density at radius 2 is 1.90 bits per heavy atom. The highest BCUT2D eigenvalue weighted by Gasteiger charge is 2.44. The molecule has 0 spiro atoms. The van der Waals surface area contributed by atoms with E-state index in [-0.39, 0.29) is 0 Å².